The van der Waals surface area contributed by atoms with Crippen LogP contribution in [0.2, 0.25) is 0 Å². The van der Waals surface area contributed by atoms with Crippen molar-refractivity contribution in [2.45, 2.75) is 17.9 Å². The number of benzene rings is 1. The molecule has 0 spiro atoms. The van der Waals surface area contributed by atoms with Crippen LogP contribution in [0.4, 0.5) is 0 Å². The number of carboxylic acids is 1. The first-order valence-electron chi connectivity index (χ1n) is 5.76. The summed E-state index contributed by atoms with van der Waals surface area (Å²) in [6.07, 6.45) is 1.60. The number of rotatable bonds is 5. The Morgan fingerprint density at radius 1 is 1.48 bits per heavy atom. The van der Waals surface area contributed by atoms with Crippen molar-refractivity contribution in [2.75, 3.05) is 0 Å². The van der Waals surface area contributed by atoms with Crippen LogP contribution in [0.1, 0.15) is 28.3 Å². The number of sulfonamides is 1. The molecule has 0 aliphatic carbocycles. The Morgan fingerprint density at radius 2 is 2.19 bits per heavy atom. The normalized spacial score (nSPS) is 13.0. The van der Waals surface area contributed by atoms with Crippen LogP contribution >= 0.6 is 33.9 Å². The Labute approximate surface area is 139 Å². The second-order valence-electron chi connectivity index (χ2n) is 4.16. The summed E-state index contributed by atoms with van der Waals surface area (Å²) in [6.45, 7) is 1.68. The number of carboxylic acid groups (broad SMARTS) is 1. The number of halogens is 1. The minimum Gasteiger partial charge on any atom is -0.478 e. The number of nitrogens with zero attached hydrogens (tertiary/aromatic N) is 1. The maximum absolute atomic E-state index is 12.3. The smallest absolute Gasteiger partial charge is 0.336 e. The van der Waals surface area contributed by atoms with E-state index in [0.29, 0.717) is 8.58 Å². The van der Waals surface area contributed by atoms with Crippen LogP contribution in [0.5, 0.6) is 0 Å². The second-order valence-corrected chi connectivity index (χ2v) is 7.96. The number of nitrogens with one attached hydrogen (secondary N) is 1. The van der Waals surface area contributed by atoms with Crippen molar-refractivity contribution in [3.05, 3.63) is 43.9 Å². The highest BCUT2D eigenvalue weighted by atomic mass is 127. The van der Waals surface area contributed by atoms with Gasteiger partial charge in [0, 0.05) is 15.1 Å². The van der Waals surface area contributed by atoms with Gasteiger partial charge in [-0.15, -0.1) is 11.3 Å². The van der Waals surface area contributed by atoms with Gasteiger partial charge in [0.1, 0.15) is 5.01 Å². The van der Waals surface area contributed by atoms with E-state index in [2.05, 4.69) is 9.71 Å². The van der Waals surface area contributed by atoms with Crippen molar-refractivity contribution in [3.8, 4) is 0 Å². The average molecular weight is 438 g/mol. The summed E-state index contributed by atoms with van der Waals surface area (Å²) >= 11 is 3.19. The fourth-order valence-corrected chi connectivity index (χ4v) is 4.16. The molecular weight excluding hydrogens is 427 g/mol. The molecule has 0 amide bonds. The van der Waals surface area contributed by atoms with E-state index in [1.807, 2.05) is 22.6 Å². The SMILES string of the molecule is CC(NS(=O)(=O)c1ccc(I)c(C(=O)O)c1)c1nccs1. The summed E-state index contributed by atoms with van der Waals surface area (Å²) in [5.74, 6) is -1.16. The van der Waals surface area contributed by atoms with Crippen molar-refractivity contribution in [1.29, 1.82) is 0 Å². The molecule has 112 valence electrons. The number of aromatic carboxylic acids is 1. The van der Waals surface area contributed by atoms with E-state index < -0.39 is 22.0 Å². The fraction of sp³-hybridized carbons (Fsp3) is 0.167. The largest absolute Gasteiger partial charge is 0.478 e. The van der Waals surface area contributed by atoms with Gasteiger partial charge in [0.2, 0.25) is 10.0 Å². The maximum atomic E-state index is 12.3. The van der Waals surface area contributed by atoms with Crippen LogP contribution in [-0.2, 0) is 10.0 Å². The molecule has 0 saturated carbocycles. The lowest BCUT2D eigenvalue weighted by Gasteiger charge is -2.12. The predicted molar refractivity (Wildman–Crippen MR) is 87.0 cm³/mol. The van der Waals surface area contributed by atoms with Gasteiger partial charge in [-0.25, -0.2) is 22.9 Å². The van der Waals surface area contributed by atoms with Gasteiger partial charge in [-0.1, -0.05) is 0 Å². The third-order valence-electron chi connectivity index (χ3n) is 2.63. The zero-order chi connectivity index (χ0) is 15.6. The summed E-state index contributed by atoms with van der Waals surface area (Å²) in [4.78, 5) is 15.1. The predicted octanol–water partition coefficient (Wildman–Crippen LogP) is 2.49. The summed E-state index contributed by atoms with van der Waals surface area (Å²) < 4.78 is 27.6. The van der Waals surface area contributed by atoms with Crippen molar-refractivity contribution >= 4 is 49.9 Å². The first-order valence-corrected chi connectivity index (χ1v) is 9.20. The van der Waals surface area contributed by atoms with Gasteiger partial charge >= 0.3 is 5.97 Å². The Bertz CT molecular complexity index is 760. The first kappa shape index (κ1) is 16.3. The topological polar surface area (TPSA) is 96.4 Å². The van der Waals surface area contributed by atoms with Crippen LogP contribution in [0, 0.1) is 3.57 Å². The van der Waals surface area contributed by atoms with Crippen molar-refractivity contribution in [1.82, 2.24) is 9.71 Å². The van der Waals surface area contributed by atoms with E-state index in [9.17, 15) is 13.2 Å². The van der Waals surface area contributed by atoms with Crippen LogP contribution < -0.4 is 4.72 Å². The van der Waals surface area contributed by atoms with E-state index in [1.54, 1.807) is 18.5 Å². The third-order valence-corrected chi connectivity index (χ3v) is 6.07. The standard InChI is InChI=1S/C12H11IN2O4S2/c1-7(11-14-4-5-20-11)15-21(18,19)8-2-3-10(13)9(6-8)12(16)17/h2-7,15H,1H3,(H,16,17). The summed E-state index contributed by atoms with van der Waals surface area (Å²) in [5.41, 5.74) is -0.0413. The molecule has 2 N–H and O–H groups in total. The van der Waals surface area contributed by atoms with Gasteiger partial charge in [0.05, 0.1) is 16.5 Å². The minimum atomic E-state index is -3.81. The molecule has 9 heteroatoms. The molecule has 1 aromatic heterocycles. The van der Waals surface area contributed by atoms with Crippen molar-refractivity contribution < 1.29 is 18.3 Å². The molecular formula is C12H11IN2O4S2. The molecule has 21 heavy (non-hydrogen) atoms. The first-order chi connectivity index (χ1) is 9.81. The van der Waals surface area contributed by atoms with E-state index >= 15 is 0 Å². The second kappa shape index (κ2) is 6.38. The lowest BCUT2D eigenvalue weighted by Crippen LogP contribution is -2.27. The lowest BCUT2D eigenvalue weighted by molar-refractivity contribution is 0.0695. The summed E-state index contributed by atoms with van der Waals surface area (Å²) in [7, 11) is -3.81. The molecule has 2 aromatic rings. The number of aromatic nitrogens is 1. The fourth-order valence-electron chi connectivity index (χ4n) is 1.63. The van der Waals surface area contributed by atoms with Gasteiger partial charge in [-0.3, -0.25) is 0 Å². The molecule has 0 radical (unpaired) electrons. The molecule has 0 fully saturated rings. The third kappa shape index (κ3) is 3.78. The monoisotopic (exact) mass is 438 g/mol. The van der Waals surface area contributed by atoms with Gasteiger partial charge < -0.3 is 5.11 Å². The van der Waals surface area contributed by atoms with Crippen LogP contribution in [0.25, 0.3) is 0 Å². The van der Waals surface area contributed by atoms with E-state index in [0.717, 1.165) is 6.07 Å². The summed E-state index contributed by atoms with van der Waals surface area (Å²) in [6, 6.07) is 3.52. The zero-order valence-corrected chi connectivity index (χ0v) is 14.6. The van der Waals surface area contributed by atoms with Gasteiger partial charge in [0.25, 0.3) is 0 Å². The van der Waals surface area contributed by atoms with Crippen LogP contribution in [0.3, 0.4) is 0 Å². The van der Waals surface area contributed by atoms with Gasteiger partial charge in [0.15, 0.2) is 0 Å². The molecule has 6 nitrogen and oxygen atoms in total. The summed E-state index contributed by atoms with van der Waals surface area (Å²) in [5, 5.41) is 11.5. The molecule has 1 atom stereocenters. The highest BCUT2D eigenvalue weighted by Gasteiger charge is 2.21. The molecule has 0 aliphatic rings. The lowest BCUT2D eigenvalue weighted by atomic mass is 10.2. The number of thiazole rings is 1. The van der Waals surface area contributed by atoms with Gasteiger partial charge in [-0.2, -0.15) is 0 Å². The Kier molecular flexibility index (Phi) is 4.96. The Balaban J connectivity index is 2.32. The number of carbonyl (C=O) groups is 1. The van der Waals surface area contributed by atoms with Crippen molar-refractivity contribution in [3.63, 3.8) is 0 Å². The molecule has 1 aromatic carbocycles. The molecule has 1 unspecified atom stereocenters. The minimum absolute atomic E-state index is 0.0413. The highest BCUT2D eigenvalue weighted by Crippen LogP contribution is 2.21. The molecule has 0 aliphatic heterocycles. The quantitative estimate of drug-likeness (QED) is 0.700. The Morgan fingerprint density at radius 3 is 2.76 bits per heavy atom. The molecule has 1 heterocycles. The van der Waals surface area contributed by atoms with Crippen LogP contribution in [0.15, 0.2) is 34.7 Å². The maximum Gasteiger partial charge on any atom is 0.336 e. The Hall–Kier alpha value is -1.04. The van der Waals surface area contributed by atoms with Gasteiger partial charge in [-0.05, 0) is 47.7 Å². The van der Waals surface area contributed by atoms with E-state index in [1.165, 1.54) is 23.5 Å². The van der Waals surface area contributed by atoms with Crippen molar-refractivity contribution in [2.24, 2.45) is 0 Å². The number of hydrogen-bond acceptors (Lipinski definition) is 5. The number of hydrogen-bond donors (Lipinski definition) is 2. The molecule has 0 saturated heterocycles. The van der Waals surface area contributed by atoms with Crippen LogP contribution in [-0.4, -0.2) is 24.5 Å². The molecule has 2 rings (SSSR count). The zero-order valence-electron chi connectivity index (χ0n) is 10.8. The van der Waals surface area contributed by atoms with E-state index in [4.69, 9.17) is 5.11 Å². The molecule has 0 bridgehead atoms. The highest BCUT2D eigenvalue weighted by molar-refractivity contribution is 14.1. The average Bonchev–Trinajstić information content (AvgIpc) is 2.92. The van der Waals surface area contributed by atoms with E-state index in [-0.39, 0.29) is 10.5 Å².